The van der Waals surface area contributed by atoms with Gasteiger partial charge in [0.15, 0.2) is 0 Å². The second-order valence-corrected chi connectivity index (χ2v) is 3.77. The number of amides is 1. The Balaban J connectivity index is 2.05. The molecule has 1 aromatic carbocycles. The lowest BCUT2D eigenvalue weighted by Crippen LogP contribution is -2.13. The molecule has 0 unspecified atom stereocenters. The molecule has 1 heterocycles. The first-order chi connectivity index (χ1) is 9.19. The highest BCUT2D eigenvalue weighted by molar-refractivity contribution is 6.02. The van der Waals surface area contributed by atoms with Gasteiger partial charge >= 0.3 is 0 Å². The Labute approximate surface area is 110 Å². The molecule has 0 bridgehead atoms. The molecule has 0 aliphatic rings. The molecular formula is C14H13FN2O2. The number of halogens is 1. The molecule has 0 radical (unpaired) electrons. The molecule has 4 nitrogen and oxygen atoms in total. The van der Waals surface area contributed by atoms with Gasteiger partial charge in [0, 0.05) is 5.69 Å². The van der Waals surface area contributed by atoms with E-state index in [4.69, 9.17) is 4.74 Å². The van der Waals surface area contributed by atoms with Crippen LogP contribution < -0.4 is 10.1 Å². The molecule has 0 spiro atoms. The Bertz CT molecular complexity index is 553. The number of rotatable bonds is 4. The van der Waals surface area contributed by atoms with E-state index in [9.17, 15) is 9.18 Å². The van der Waals surface area contributed by atoms with Gasteiger partial charge in [-0.15, -0.1) is 0 Å². The summed E-state index contributed by atoms with van der Waals surface area (Å²) in [5.74, 6) is -0.0901. The van der Waals surface area contributed by atoms with Gasteiger partial charge in [0.1, 0.15) is 17.3 Å². The summed E-state index contributed by atoms with van der Waals surface area (Å²) in [6, 6.07) is 8.78. The molecule has 5 heteroatoms. The number of nitrogens with one attached hydrogen (secondary N) is 1. The van der Waals surface area contributed by atoms with Crippen LogP contribution >= 0.6 is 0 Å². The van der Waals surface area contributed by atoms with E-state index in [1.807, 2.05) is 6.92 Å². The minimum absolute atomic E-state index is 0.271. The number of benzene rings is 1. The highest BCUT2D eigenvalue weighted by Gasteiger charge is 2.07. The summed E-state index contributed by atoms with van der Waals surface area (Å²) in [5, 5.41) is 2.63. The Morgan fingerprint density at radius 2 is 2.00 bits per heavy atom. The molecule has 1 aromatic heterocycles. The van der Waals surface area contributed by atoms with Crippen molar-refractivity contribution in [3.05, 3.63) is 54.1 Å². The van der Waals surface area contributed by atoms with E-state index in [-0.39, 0.29) is 17.4 Å². The molecule has 0 aliphatic heterocycles. The first-order valence-corrected chi connectivity index (χ1v) is 5.85. The molecule has 0 atom stereocenters. The Kier molecular flexibility index (Phi) is 4.07. The second-order valence-electron chi connectivity index (χ2n) is 3.77. The highest BCUT2D eigenvalue weighted by Crippen LogP contribution is 2.12. The molecule has 1 amide bonds. The zero-order chi connectivity index (χ0) is 13.7. The van der Waals surface area contributed by atoms with Crippen molar-refractivity contribution in [3.8, 4) is 5.75 Å². The Morgan fingerprint density at radius 3 is 2.58 bits per heavy atom. The van der Waals surface area contributed by atoms with Crippen molar-refractivity contribution in [2.24, 2.45) is 0 Å². The van der Waals surface area contributed by atoms with E-state index in [2.05, 4.69) is 10.3 Å². The number of pyridine rings is 1. The fourth-order valence-corrected chi connectivity index (χ4v) is 1.50. The second kappa shape index (κ2) is 5.95. The van der Waals surface area contributed by atoms with Gasteiger partial charge < -0.3 is 10.1 Å². The molecule has 0 saturated carbocycles. The maximum absolute atomic E-state index is 12.7. The van der Waals surface area contributed by atoms with Crippen LogP contribution in [0.4, 0.5) is 10.1 Å². The van der Waals surface area contributed by atoms with Gasteiger partial charge in [-0.05, 0) is 43.3 Å². The number of hydrogen-bond donors (Lipinski definition) is 1. The number of carbonyl (C=O) groups excluding carboxylic acids is 1. The van der Waals surface area contributed by atoms with Gasteiger partial charge in [0.05, 0.1) is 12.8 Å². The molecule has 0 fully saturated rings. The summed E-state index contributed by atoms with van der Waals surface area (Å²) in [5.41, 5.74) is 0.787. The van der Waals surface area contributed by atoms with Gasteiger partial charge in [-0.2, -0.15) is 0 Å². The smallest absolute Gasteiger partial charge is 0.274 e. The largest absolute Gasteiger partial charge is 0.492 e. The lowest BCUT2D eigenvalue weighted by molar-refractivity contribution is 0.102. The third-order valence-electron chi connectivity index (χ3n) is 2.38. The first kappa shape index (κ1) is 13.0. The van der Waals surface area contributed by atoms with Crippen LogP contribution in [-0.2, 0) is 0 Å². The van der Waals surface area contributed by atoms with E-state index in [1.165, 1.54) is 30.5 Å². The Hall–Kier alpha value is -2.43. The van der Waals surface area contributed by atoms with Crippen LogP contribution in [0.5, 0.6) is 5.75 Å². The van der Waals surface area contributed by atoms with Crippen molar-refractivity contribution in [1.29, 1.82) is 0 Å². The lowest BCUT2D eigenvalue weighted by atomic mass is 10.3. The zero-order valence-corrected chi connectivity index (χ0v) is 10.4. The zero-order valence-electron chi connectivity index (χ0n) is 10.4. The highest BCUT2D eigenvalue weighted by atomic mass is 19.1. The average molecular weight is 260 g/mol. The lowest BCUT2D eigenvalue weighted by Gasteiger charge is -2.06. The monoisotopic (exact) mass is 260 g/mol. The van der Waals surface area contributed by atoms with E-state index in [0.717, 1.165) is 0 Å². The quantitative estimate of drug-likeness (QED) is 0.919. The van der Waals surface area contributed by atoms with E-state index in [1.54, 1.807) is 12.1 Å². The van der Waals surface area contributed by atoms with E-state index >= 15 is 0 Å². The van der Waals surface area contributed by atoms with Crippen LogP contribution in [0, 0.1) is 5.82 Å². The number of anilines is 1. The molecule has 98 valence electrons. The van der Waals surface area contributed by atoms with Crippen molar-refractivity contribution >= 4 is 11.6 Å². The average Bonchev–Trinajstić information content (AvgIpc) is 2.42. The molecule has 0 saturated heterocycles. The number of ether oxygens (including phenoxy) is 1. The third-order valence-corrected chi connectivity index (χ3v) is 2.38. The fraction of sp³-hybridized carbons (Fsp3) is 0.143. The van der Waals surface area contributed by atoms with Gasteiger partial charge in [-0.25, -0.2) is 9.37 Å². The van der Waals surface area contributed by atoms with Crippen molar-refractivity contribution in [1.82, 2.24) is 4.98 Å². The van der Waals surface area contributed by atoms with Gasteiger partial charge in [-0.3, -0.25) is 4.79 Å². The number of hydrogen-bond acceptors (Lipinski definition) is 3. The summed E-state index contributed by atoms with van der Waals surface area (Å²) >= 11 is 0. The van der Waals surface area contributed by atoms with Crippen molar-refractivity contribution < 1.29 is 13.9 Å². The van der Waals surface area contributed by atoms with Gasteiger partial charge in [0.25, 0.3) is 5.91 Å². The summed E-state index contributed by atoms with van der Waals surface area (Å²) in [7, 11) is 0. The van der Waals surface area contributed by atoms with Crippen LogP contribution in [0.3, 0.4) is 0 Å². The Morgan fingerprint density at radius 1 is 1.26 bits per heavy atom. The standard InChI is InChI=1S/C14H13FN2O2/c1-2-19-12-7-8-13(16-9-12)14(18)17-11-5-3-10(15)4-6-11/h3-9H,2H2,1H3,(H,17,18). The van der Waals surface area contributed by atoms with Crippen LogP contribution in [0.2, 0.25) is 0 Å². The summed E-state index contributed by atoms with van der Waals surface area (Å²) < 4.78 is 18.0. The number of carbonyl (C=O) groups is 1. The summed E-state index contributed by atoms with van der Waals surface area (Å²) in [6.07, 6.45) is 1.49. The predicted molar refractivity (Wildman–Crippen MR) is 69.8 cm³/mol. The number of aromatic nitrogens is 1. The molecule has 2 rings (SSSR count). The van der Waals surface area contributed by atoms with Crippen LogP contribution in [0.15, 0.2) is 42.6 Å². The topological polar surface area (TPSA) is 51.2 Å². The maximum Gasteiger partial charge on any atom is 0.274 e. The van der Waals surface area contributed by atoms with Crippen LogP contribution in [-0.4, -0.2) is 17.5 Å². The maximum atomic E-state index is 12.7. The molecule has 2 aromatic rings. The van der Waals surface area contributed by atoms with Crippen LogP contribution in [0.25, 0.3) is 0 Å². The third kappa shape index (κ3) is 3.51. The molecule has 19 heavy (non-hydrogen) atoms. The number of nitrogens with zero attached hydrogens (tertiary/aromatic N) is 1. The van der Waals surface area contributed by atoms with Crippen LogP contribution in [0.1, 0.15) is 17.4 Å². The first-order valence-electron chi connectivity index (χ1n) is 5.85. The molecule has 1 N–H and O–H groups in total. The van der Waals surface area contributed by atoms with E-state index in [0.29, 0.717) is 18.0 Å². The fourth-order valence-electron chi connectivity index (χ4n) is 1.50. The van der Waals surface area contributed by atoms with E-state index < -0.39 is 0 Å². The summed E-state index contributed by atoms with van der Waals surface area (Å²) in [4.78, 5) is 15.9. The minimum Gasteiger partial charge on any atom is -0.492 e. The normalized spacial score (nSPS) is 10.0. The molecular weight excluding hydrogens is 247 g/mol. The SMILES string of the molecule is CCOc1ccc(C(=O)Nc2ccc(F)cc2)nc1. The van der Waals surface area contributed by atoms with Crippen molar-refractivity contribution in [3.63, 3.8) is 0 Å². The van der Waals surface area contributed by atoms with Gasteiger partial charge in [0.2, 0.25) is 0 Å². The van der Waals surface area contributed by atoms with Crippen molar-refractivity contribution in [2.45, 2.75) is 6.92 Å². The summed E-state index contributed by atoms with van der Waals surface area (Å²) in [6.45, 7) is 2.41. The predicted octanol–water partition coefficient (Wildman–Crippen LogP) is 2.87. The van der Waals surface area contributed by atoms with Gasteiger partial charge in [-0.1, -0.05) is 0 Å². The minimum atomic E-state index is -0.352. The molecule has 0 aliphatic carbocycles. The van der Waals surface area contributed by atoms with Crippen molar-refractivity contribution in [2.75, 3.05) is 11.9 Å².